The fourth-order valence-electron chi connectivity index (χ4n) is 1.62. The van der Waals surface area contributed by atoms with Gasteiger partial charge in [-0.25, -0.2) is 0 Å². The molecule has 0 aromatic heterocycles. The van der Waals surface area contributed by atoms with Gasteiger partial charge in [-0.15, -0.1) is 0 Å². The molecule has 2 rings (SSSR count). The van der Waals surface area contributed by atoms with Gasteiger partial charge in [0.25, 0.3) is 0 Å². The van der Waals surface area contributed by atoms with Gasteiger partial charge in [0.2, 0.25) is 6.79 Å². The molecule has 1 aliphatic heterocycles. The molecule has 4 heteroatoms. The maximum absolute atomic E-state index is 5.58. The van der Waals surface area contributed by atoms with Crippen LogP contribution in [0.2, 0.25) is 0 Å². The van der Waals surface area contributed by atoms with Gasteiger partial charge < -0.3 is 18.9 Å². The van der Waals surface area contributed by atoms with Crippen molar-refractivity contribution in [2.75, 3.05) is 26.6 Å². The van der Waals surface area contributed by atoms with Crippen LogP contribution in [0.15, 0.2) is 30.4 Å². The average Bonchev–Trinajstić information content (AvgIpc) is 2.84. The summed E-state index contributed by atoms with van der Waals surface area (Å²) in [5, 5.41) is 0. The van der Waals surface area contributed by atoms with E-state index in [4.69, 9.17) is 18.9 Å². The van der Waals surface area contributed by atoms with E-state index >= 15 is 0 Å². The van der Waals surface area contributed by atoms with Crippen LogP contribution >= 0.6 is 0 Å². The molecule has 1 aromatic rings. The second kappa shape index (κ2) is 7.04. The highest BCUT2D eigenvalue weighted by molar-refractivity contribution is 5.46. The van der Waals surface area contributed by atoms with Crippen molar-refractivity contribution >= 4 is 0 Å². The van der Waals surface area contributed by atoms with Crippen molar-refractivity contribution in [3.63, 3.8) is 0 Å². The minimum absolute atomic E-state index is 0.284. The summed E-state index contributed by atoms with van der Waals surface area (Å²) >= 11 is 0. The monoisotopic (exact) mass is 264 g/mol. The molecule has 19 heavy (non-hydrogen) atoms. The largest absolute Gasteiger partial charge is 0.489 e. The maximum Gasteiger partial charge on any atom is 0.231 e. The lowest BCUT2D eigenvalue weighted by Gasteiger charge is -2.05. The van der Waals surface area contributed by atoms with E-state index in [1.165, 1.54) is 0 Å². The standard InChI is InChI=1S/C15H20O4/c1-12(2)10-16-7-3-4-8-17-13-5-6-14-15(9-13)19-11-18-14/h3-6,9,12H,7-8,10-11H2,1-2H3. The summed E-state index contributed by atoms with van der Waals surface area (Å²) in [6, 6.07) is 5.56. The van der Waals surface area contributed by atoms with Crippen LogP contribution in [0.25, 0.3) is 0 Å². The Labute approximate surface area is 113 Å². The summed E-state index contributed by atoms with van der Waals surface area (Å²) in [6.45, 7) is 6.48. The van der Waals surface area contributed by atoms with E-state index in [1.54, 1.807) is 0 Å². The van der Waals surface area contributed by atoms with Gasteiger partial charge in [0, 0.05) is 12.7 Å². The molecular formula is C15H20O4. The molecule has 1 heterocycles. The van der Waals surface area contributed by atoms with Crippen LogP contribution in [-0.4, -0.2) is 26.6 Å². The molecule has 1 aromatic carbocycles. The SMILES string of the molecule is CC(C)COCC=CCOc1ccc2c(c1)OCO2. The van der Waals surface area contributed by atoms with E-state index in [0.717, 1.165) is 23.9 Å². The molecule has 0 amide bonds. The second-order valence-electron chi connectivity index (χ2n) is 4.73. The van der Waals surface area contributed by atoms with E-state index < -0.39 is 0 Å². The Morgan fingerprint density at radius 2 is 1.95 bits per heavy atom. The Kier molecular flexibility index (Phi) is 5.10. The molecule has 0 radical (unpaired) electrons. The van der Waals surface area contributed by atoms with Crippen molar-refractivity contribution < 1.29 is 18.9 Å². The van der Waals surface area contributed by atoms with Crippen molar-refractivity contribution in [1.29, 1.82) is 0 Å². The summed E-state index contributed by atoms with van der Waals surface area (Å²) < 4.78 is 21.5. The van der Waals surface area contributed by atoms with E-state index in [2.05, 4.69) is 13.8 Å². The molecule has 0 fully saturated rings. The highest BCUT2D eigenvalue weighted by Gasteiger charge is 2.13. The third kappa shape index (κ3) is 4.48. The number of hydrogen-bond acceptors (Lipinski definition) is 4. The first-order valence-corrected chi connectivity index (χ1v) is 6.51. The van der Waals surface area contributed by atoms with Crippen LogP contribution < -0.4 is 14.2 Å². The van der Waals surface area contributed by atoms with E-state index in [1.807, 2.05) is 30.4 Å². The van der Waals surface area contributed by atoms with Gasteiger partial charge in [0.15, 0.2) is 11.5 Å². The van der Waals surface area contributed by atoms with Gasteiger partial charge in [-0.05, 0) is 24.1 Å². The number of hydrogen-bond donors (Lipinski definition) is 0. The number of ether oxygens (including phenoxy) is 4. The summed E-state index contributed by atoms with van der Waals surface area (Å²) in [5.74, 6) is 2.85. The smallest absolute Gasteiger partial charge is 0.231 e. The lowest BCUT2D eigenvalue weighted by Crippen LogP contribution is -2.01. The summed E-state index contributed by atoms with van der Waals surface area (Å²) in [4.78, 5) is 0. The quantitative estimate of drug-likeness (QED) is 0.560. The minimum atomic E-state index is 0.284. The molecule has 1 aliphatic rings. The van der Waals surface area contributed by atoms with Crippen LogP contribution in [0.4, 0.5) is 0 Å². The van der Waals surface area contributed by atoms with Crippen molar-refractivity contribution in [2.24, 2.45) is 5.92 Å². The summed E-state index contributed by atoms with van der Waals surface area (Å²) in [5.41, 5.74) is 0. The first kappa shape index (κ1) is 13.7. The summed E-state index contributed by atoms with van der Waals surface area (Å²) in [7, 11) is 0. The van der Waals surface area contributed by atoms with E-state index in [-0.39, 0.29) is 6.79 Å². The Balaban J connectivity index is 1.67. The molecule has 0 bridgehead atoms. The van der Waals surface area contributed by atoms with Crippen LogP contribution in [-0.2, 0) is 4.74 Å². The number of rotatable bonds is 7. The van der Waals surface area contributed by atoms with Crippen LogP contribution in [0.3, 0.4) is 0 Å². The fraction of sp³-hybridized carbons (Fsp3) is 0.467. The first-order valence-electron chi connectivity index (χ1n) is 6.51. The van der Waals surface area contributed by atoms with Crippen LogP contribution in [0, 0.1) is 5.92 Å². The van der Waals surface area contributed by atoms with Crippen molar-refractivity contribution in [2.45, 2.75) is 13.8 Å². The predicted molar refractivity (Wildman–Crippen MR) is 72.9 cm³/mol. The Bertz CT molecular complexity index is 426. The zero-order valence-electron chi connectivity index (χ0n) is 11.4. The molecule has 0 N–H and O–H groups in total. The average molecular weight is 264 g/mol. The van der Waals surface area contributed by atoms with Crippen molar-refractivity contribution in [3.05, 3.63) is 30.4 Å². The molecule has 4 nitrogen and oxygen atoms in total. The molecule has 0 aliphatic carbocycles. The number of fused-ring (bicyclic) bond motifs is 1. The Morgan fingerprint density at radius 1 is 1.16 bits per heavy atom. The topological polar surface area (TPSA) is 36.9 Å². The van der Waals surface area contributed by atoms with Crippen molar-refractivity contribution in [1.82, 2.24) is 0 Å². The highest BCUT2D eigenvalue weighted by Crippen LogP contribution is 2.34. The predicted octanol–water partition coefficient (Wildman–Crippen LogP) is 3.02. The molecule has 0 spiro atoms. The molecule has 0 unspecified atom stereocenters. The van der Waals surface area contributed by atoms with E-state index in [0.29, 0.717) is 19.1 Å². The Hall–Kier alpha value is -1.68. The van der Waals surface area contributed by atoms with Gasteiger partial charge in [-0.2, -0.15) is 0 Å². The Morgan fingerprint density at radius 3 is 2.79 bits per heavy atom. The molecular weight excluding hydrogens is 244 g/mol. The van der Waals surface area contributed by atoms with Gasteiger partial charge in [-0.1, -0.05) is 19.9 Å². The third-order valence-corrected chi connectivity index (χ3v) is 2.52. The van der Waals surface area contributed by atoms with E-state index in [9.17, 15) is 0 Å². The second-order valence-corrected chi connectivity index (χ2v) is 4.73. The molecule has 0 saturated carbocycles. The zero-order chi connectivity index (χ0) is 13.5. The lowest BCUT2D eigenvalue weighted by molar-refractivity contribution is 0.134. The van der Waals surface area contributed by atoms with Crippen LogP contribution in [0.1, 0.15) is 13.8 Å². The van der Waals surface area contributed by atoms with Gasteiger partial charge in [-0.3, -0.25) is 0 Å². The zero-order valence-corrected chi connectivity index (χ0v) is 11.4. The minimum Gasteiger partial charge on any atom is -0.489 e. The van der Waals surface area contributed by atoms with Crippen LogP contribution in [0.5, 0.6) is 17.2 Å². The number of benzene rings is 1. The normalized spacial score (nSPS) is 13.4. The van der Waals surface area contributed by atoms with Gasteiger partial charge in [0.05, 0.1) is 6.61 Å². The fourth-order valence-corrected chi connectivity index (χ4v) is 1.62. The molecule has 104 valence electrons. The third-order valence-electron chi connectivity index (χ3n) is 2.52. The molecule has 0 atom stereocenters. The first-order chi connectivity index (χ1) is 9.25. The maximum atomic E-state index is 5.58. The van der Waals surface area contributed by atoms with Gasteiger partial charge in [0.1, 0.15) is 12.4 Å². The lowest BCUT2D eigenvalue weighted by atomic mass is 10.2. The molecule has 0 saturated heterocycles. The van der Waals surface area contributed by atoms with Crippen molar-refractivity contribution in [3.8, 4) is 17.2 Å². The highest BCUT2D eigenvalue weighted by atomic mass is 16.7. The summed E-state index contributed by atoms with van der Waals surface area (Å²) in [6.07, 6.45) is 3.92. The van der Waals surface area contributed by atoms with Gasteiger partial charge >= 0.3 is 0 Å².